The Morgan fingerprint density at radius 1 is 1.10 bits per heavy atom. The predicted octanol–water partition coefficient (Wildman–Crippen LogP) is 5.58. The van der Waals surface area contributed by atoms with E-state index in [1.165, 1.54) is 44.2 Å². The molecule has 0 saturated heterocycles. The molecule has 1 aromatic heterocycles. The fourth-order valence-corrected chi connectivity index (χ4v) is 2.75. The fraction of sp³-hybridized carbons (Fsp3) is 0.556. The van der Waals surface area contributed by atoms with Gasteiger partial charge in [0, 0.05) is 5.39 Å². The van der Waals surface area contributed by atoms with Crippen molar-refractivity contribution in [2.75, 3.05) is 6.54 Å². The van der Waals surface area contributed by atoms with E-state index < -0.39 is 0 Å². The van der Waals surface area contributed by atoms with Gasteiger partial charge in [-0.2, -0.15) is 0 Å². The quantitative estimate of drug-likeness (QED) is 0.610. The molecule has 2 rings (SSSR count). The standard InChI is InChI=1S/C18H26FNO/c1-3-5-6-7-8-9-16(20-4-2)18-13-14-12-15(19)10-11-17(14)21-18/h10-13,16,20H,3-9H2,1-2H3. The lowest BCUT2D eigenvalue weighted by molar-refractivity contribution is 0.402. The van der Waals surface area contributed by atoms with Crippen LogP contribution in [0, 0.1) is 5.82 Å². The van der Waals surface area contributed by atoms with Crippen LogP contribution in [0.4, 0.5) is 4.39 Å². The molecule has 0 saturated carbocycles. The number of furan rings is 1. The molecule has 0 fully saturated rings. The monoisotopic (exact) mass is 291 g/mol. The molecule has 1 aromatic carbocycles. The first-order chi connectivity index (χ1) is 10.2. The number of halogens is 1. The van der Waals surface area contributed by atoms with Gasteiger partial charge in [0.05, 0.1) is 6.04 Å². The van der Waals surface area contributed by atoms with E-state index in [9.17, 15) is 4.39 Å². The minimum atomic E-state index is -0.214. The number of hydrogen-bond acceptors (Lipinski definition) is 2. The van der Waals surface area contributed by atoms with Crippen molar-refractivity contribution in [2.24, 2.45) is 0 Å². The third-order valence-corrected chi connectivity index (χ3v) is 3.89. The third kappa shape index (κ3) is 4.57. The summed E-state index contributed by atoms with van der Waals surface area (Å²) in [4.78, 5) is 0. The zero-order chi connectivity index (χ0) is 15.1. The van der Waals surface area contributed by atoms with Crippen molar-refractivity contribution >= 4 is 11.0 Å². The molecular weight excluding hydrogens is 265 g/mol. The number of fused-ring (bicyclic) bond motifs is 1. The summed E-state index contributed by atoms with van der Waals surface area (Å²) < 4.78 is 19.1. The average molecular weight is 291 g/mol. The van der Waals surface area contributed by atoms with E-state index in [2.05, 4.69) is 19.2 Å². The molecule has 0 amide bonds. The van der Waals surface area contributed by atoms with E-state index in [1.807, 2.05) is 6.07 Å². The molecule has 0 spiro atoms. The number of hydrogen-bond donors (Lipinski definition) is 1. The molecule has 1 heterocycles. The zero-order valence-electron chi connectivity index (χ0n) is 13.1. The predicted molar refractivity (Wildman–Crippen MR) is 86.0 cm³/mol. The highest BCUT2D eigenvalue weighted by Crippen LogP contribution is 2.27. The van der Waals surface area contributed by atoms with E-state index in [4.69, 9.17) is 4.42 Å². The van der Waals surface area contributed by atoms with Gasteiger partial charge in [-0.05, 0) is 37.2 Å². The first-order valence-corrected chi connectivity index (χ1v) is 8.17. The molecule has 116 valence electrons. The van der Waals surface area contributed by atoms with Crippen LogP contribution in [-0.4, -0.2) is 6.54 Å². The summed E-state index contributed by atoms with van der Waals surface area (Å²) in [6.07, 6.45) is 7.43. The van der Waals surface area contributed by atoms with Crippen LogP contribution in [0.5, 0.6) is 0 Å². The molecule has 3 heteroatoms. The summed E-state index contributed by atoms with van der Waals surface area (Å²) in [7, 11) is 0. The van der Waals surface area contributed by atoms with Crippen LogP contribution < -0.4 is 5.32 Å². The Bertz CT molecular complexity index is 549. The van der Waals surface area contributed by atoms with Crippen LogP contribution >= 0.6 is 0 Å². The van der Waals surface area contributed by atoms with Gasteiger partial charge in [-0.1, -0.05) is 46.0 Å². The van der Waals surface area contributed by atoms with Crippen molar-refractivity contribution in [1.82, 2.24) is 5.32 Å². The third-order valence-electron chi connectivity index (χ3n) is 3.89. The number of benzene rings is 1. The van der Waals surface area contributed by atoms with Crippen molar-refractivity contribution in [3.8, 4) is 0 Å². The maximum atomic E-state index is 13.3. The Morgan fingerprint density at radius 3 is 2.67 bits per heavy atom. The topological polar surface area (TPSA) is 25.2 Å². The molecular formula is C18H26FNO. The van der Waals surface area contributed by atoms with E-state index in [0.717, 1.165) is 29.7 Å². The van der Waals surface area contributed by atoms with Gasteiger partial charge in [0.2, 0.25) is 0 Å². The molecule has 2 nitrogen and oxygen atoms in total. The van der Waals surface area contributed by atoms with Gasteiger partial charge in [-0.15, -0.1) is 0 Å². The zero-order valence-corrected chi connectivity index (χ0v) is 13.1. The van der Waals surface area contributed by atoms with Crippen molar-refractivity contribution in [2.45, 2.75) is 58.4 Å². The number of rotatable bonds is 9. The van der Waals surface area contributed by atoms with Gasteiger partial charge < -0.3 is 9.73 Å². The second-order valence-corrected chi connectivity index (χ2v) is 5.64. The smallest absolute Gasteiger partial charge is 0.134 e. The van der Waals surface area contributed by atoms with Crippen molar-refractivity contribution in [3.05, 3.63) is 35.8 Å². The van der Waals surface area contributed by atoms with Crippen LogP contribution in [-0.2, 0) is 0 Å². The highest BCUT2D eigenvalue weighted by molar-refractivity contribution is 5.78. The van der Waals surface area contributed by atoms with E-state index >= 15 is 0 Å². The minimum Gasteiger partial charge on any atom is -0.459 e. The molecule has 1 atom stereocenters. The Balaban J connectivity index is 2.01. The van der Waals surface area contributed by atoms with E-state index in [0.29, 0.717) is 0 Å². The van der Waals surface area contributed by atoms with Crippen LogP contribution in [0.25, 0.3) is 11.0 Å². The number of unbranched alkanes of at least 4 members (excludes halogenated alkanes) is 4. The lowest BCUT2D eigenvalue weighted by Crippen LogP contribution is -2.20. The van der Waals surface area contributed by atoms with Gasteiger partial charge >= 0.3 is 0 Å². The van der Waals surface area contributed by atoms with Crippen LogP contribution in [0.2, 0.25) is 0 Å². The average Bonchev–Trinajstić information content (AvgIpc) is 2.88. The highest BCUT2D eigenvalue weighted by Gasteiger charge is 2.15. The molecule has 21 heavy (non-hydrogen) atoms. The molecule has 0 radical (unpaired) electrons. The molecule has 0 aliphatic rings. The Hall–Kier alpha value is -1.35. The summed E-state index contributed by atoms with van der Waals surface area (Å²) in [5.41, 5.74) is 0.764. The summed E-state index contributed by atoms with van der Waals surface area (Å²) in [5.74, 6) is 0.711. The van der Waals surface area contributed by atoms with Crippen molar-refractivity contribution < 1.29 is 8.81 Å². The van der Waals surface area contributed by atoms with E-state index in [1.54, 1.807) is 6.07 Å². The van der Waals surface area contributed by atoms with Gasteiger partial charge in [-0.25, -0.2) is 4.39 Å². The SMILES string of the molecule is CCCCCCCC(NCC)c1cc2cc(F)ccc2o1. The second kappa shape index (κ2) is 8.18. The highest BCUT2D eigenvalue weighted by atomic mass is 19.1. The van der Waals surface area contributed by atoms with Gasteiger partial charge in [0.15, 0.2) is 0 Å². The molecule has 0 bridgehead atoms. The van der Waals surface area contributed by atoms with Gasteiger partial charge in [0.25, 0.3) is 0 Å². The largest absolute Gasteiger partial charge is 0.459 e. The molecule has 0 aliphatic carbocycles. The second-order valence-electron chi connectivity index (χ2n) is 5.64. The Kier molecular flexibility index (Phi) is 6.24. The summed E-state index contributed by atoms with van der Waals surface area (Å²) >= 11 is 0. The van der Waals surface area contributed by atoms with Crippen molar-refractivity contribution in [3.63, 3.8) is 0 Å². The Morgan fingerprint density at radius 2 is 1.90 bits per heavy atom. The van der Waals surface area contributed by atoms with Gasteiger partial charge in [0.1, 0.15) is 17.2 Å². The van der Waals surface area contributed by atoms with Crippen molar-refractivity contribution in [1.29, 1.82) is 0 Å². The van der Waals surface area contributed by atoms with Crippen LogP contribution in [0.3, 0.4) is 0 Å². The maximum absolute atomic E-state index is 13.3. The molecule has 2 aromatic rings. The normalized spacial score (nSPS) is 12.9. The van der Waals surface area contributed by atoms with Crippen LogP contribution in [0.15, 0.2) is 28.7 Å². The van der Waals surface area contributed by atoms with E-state index in [-0.39, 0.29) is 11.9 Å². The number of nitrogens with one attached hydrogen (secondary N) is 1. The molecule has 0 aliphatic heterocycles. The summed E-state index contributed by atoms with van der Waals surface area (Å²) in [5, 5.41) is 4.32. The maximum Gasteiger partial charge on any atom is 0.134 e. The molecule has 1 N–H and O–H groups in total. The first-order valence-electron chi connectivity index (χ1n) is 8.17. The summed E-state index contributed by atoms with van der Waals surface area (Å²) in [6, 6.07) is 6.89. The van der Waals surface area contributed by atoms with Crippen LogP contribution in [0.1, 0.15) is 64.2 Å². The molecule has 1 unspecified atom stereocenters. The van der Waals surface area contributed by atoms with Gasteiger partial charge in [-0.3, -0.25) is 0 Å². The lowest BCUT2D eigenvalue weighted by atomic mass is 10.0. The fourth-order valence-electron chi connectivity index (χ4n) is 2.75. The lowest BCUT2D eigenvalue weighted by Gasteiger charge is -2.15. The minimum absolute atomic E-state index is 0.214. The Labute approximate surface area is 126 Å². The summed E-state index contributed by atoms with van der Waals surface area (Å²) in [6.45, 7) is 5.24. The first kappa shape index (κ1) is 16.0.